The molecule has 1 unspecified atom stereocenters. The molecular formula is C14H18N4O4S. The van der Waals surface area contributed by atoms with Crippen LogP contribution in [0.15, 0.2) is 35.1 Å². The average Bonchev–Trinajstić information content (AvgIpc) is 3.12. The van der Waals surface area contributed by atoms with Crippen LogP contribution in [0.3, 0.4) is 0 Å². The fourth-order valence-corrected chi connectivity index (χ4v) is 3.46. The van der Waals surface area contributed by atoms with Crippen molar-refractivity contribution in [2.75, 3.05) is 19.3 Å². The van der Waals surface area contributed by atoms with Crippen molar-refractivity contribution in [2.24, 2.45) is 5.92 Å². The highest BCUT2D eigenvalue weighted by atomic mass is 32.2. The summed E-state index contributed by atoms with van der Waals surface area (Å²) in [5.41, 5.74) is 0.843. The van der Waals surface area contributed by atoms with E-state index in [1.807, 2.05) is 6.07 Å². The van der Waals surface area contributed by atoms with Crippen LogP contribution in [0.25, 0.3) is 0 Å². The third kappa shape index (κ3) is 3.62. The van der Waals surface area contributed by atoms with Gasteiger partial charge in [-0.2, -0.15) is 9.40 Å². The van der Waals surface area contributed by atoms with Crippen LogP contribution in [-0.4, -0.2) is 47.8 Å². The lowest BCUT2D eigenvalue weighted by Crippen LogP contribution is -2.38. The molecule has 124 valence electrons. The number of carbonyl (C=O) groups is 1. The Morgan fingerprint density at radius 1 is 1.43 bits per heavy atom. The Balaban J connectivity index is 1.72. The van der Waals surface area contributed by atoms with Gasteiger partial charge in [0, 0.05) is 31.7 Å². The van der Waals surface area contributed by atoms with Gasteiger partial charge in [-0.1, -0.05) is 0 Å². The zero-order valence-electron chi connectivity index (χ0n) is 12.7. The summed E-state index contributed by atoms with van der Waals surface area (Å²) in [5, 5.41) is 7.01. The smallest absolute Gasteiger partial charge is 0.286 e. The molecule has 2 aromatic rings. The fourth-order valence-electron chi connectivity index (χ4n) is 2.61. The number of amides is 1. The first kappa shape index (κ1) is 15.8. The van der Waals surface area contributed by atoms with Crippen LogP contribution in [0.1, 0.15) is 16.2 Å². The lowest BCUT2D eigenvalue weighted by atomic mass is 10.1. The molecule has 0 saturated heterocycles. The van der Waals surface area contributed by atoms with Crippen molar-refractivity contribution in [1.29, 1.82) is 0 Å². The third-order valence-electron chi connectivity index (χ3n) is 3.80. The zero-order chi connectivity index (χ0) is 16.4. The number of fused-ring (bicyclic) bond motifs is 1. The van der Waals surface area contributed by atoms with Gasteiger partial charge in [0.1, 0.15) is 0 Å². The van der Waals surface area contributed by atoms with Gasteiger partial charge in [0.25, 0.3) is 5.91 Å². The first-order valence-electron chi connectivity index (χ1n) is 7.21. The van der Waals surface area contributed by atoms with E-state index < -0.39 is 10.0 Å². The van der Waals surface area contributed by atoms with E-state index in [0.717, 1.165) is 5.69 Å². The van der Waals surface area contributed by atoms with Gasteiger partial charge in [-0.25, -0.2) is 8.42 Å². The summed E-state index contributed by atoms with van der Waals surface area (Å²) in [6, 6.07) is 5.03. The van der Waals surface area contributed by atoms with Gasteiger partial charge >= 0.3 is 0 Å². The number of furan rings is 1. The number of sulfonamides is 1. The van der Waals surface area contributed by atoms with E-state index in [9.17, 15) is 13.2 Å². The highest BCUT2D eigenvalue weighted by Crippen LogP contribution is 2.17. The summed E-state index contributed by atoms with van der Waals surface area (Å²) < 4.78 is 32.1. The predicted octanol–water partition coefficient (Wildman–Crippen LogP) is 0.298. The first-order valence-corrected chi connectivity index (χ1v) is 9.06. The van der Waals surface area contributed by atoms with Gasteiger partial charge in [0.15, 0.2) is 5.76 Å². The summed E-state index contributed by atoms with van der Waals surface area (Å²) >= 11 is 0. The number of aromatic nitrogens is 2. The number of rotatable bonds is 4. The minimum absolute atomic E-state index is 0.0789. The van der Waals surface area contributed by atoms with E-state index in [0.29, 0.717) is 26.2 Å². The van der Waals surface area contributed by atoms with Gasteiger partial charge in [0.05, 0.1) is 24.8 Å². The first-order chi connectivity index (χ1) is 10.9. The van der Waals surface area contributed by atoms with E-state index in [4.69, 9.17) is 4.42 Å². The highest BCUT2D eigenvalue weighted by molar-refractivity contribution is 7.88. The molecule has 9 heteroatoms. The summed E-state index contributed by atoms with van der Waals surface area (Å²) in [7, 11) is -3.32. The zero-order valence-corrected chi connectivity index (χ0v) is 13.5. The van der Waals surface area contributed by atoms with Crippen LogP contribution in [0, 0.1) is 5.92 Å². The topological polar surface area (TPSA) is 97.4 Å². The molecule has 3 heterocycles. The predicted molar refractivity (Wildman–Crippen MR) is 82.0 cm³/mol. The maximum atomic E-state index is 11.9. The molecule has 0 bridgehead atoms. The molecule has 1 aliphatic rings. The largest absolute Gasteiger partial charge is 0.459 e. The molecule has 0 aliphatic carbocycles. The Kier molecular flexibility index (Phi) is 4.22. The Morgan fingerprint density at radius 3 is 2.96 bits per heavy atom. The molecule has 0 radical (unpaired) electrons. The van der Waals surface area contributed by atoms with Gasteiger partial charge < -0.3 is 9.73 Å². The highest BCUT2D eigenvalue weighted by Gasteiger charge is 2.28. The normalized spacial score (nSPS) is 19.1. The molecule has 1 aliphatic heterocycles. The van der Waals surface area contributed by atoms with Crippen LogP contribution < -0.4 is 5.32 Å². The van der Waals surface area contributed by atoms with Crippen LogP contribution in [0.5, 0.6) is 0 Å². The van der Waals surface area contributed by atoms with Crippen molar-refractivity contribution in [3.05, 3.63) is 42.1 Å². The number of hydrogen-bond donors (Lipinski definition) is 1. The second-order valence-electron chi connectivity index (χ2n) is 5.61. The van der Waals surface area contributed by atoms with E-state index in [2.05, 4.69) is 10.4 Å². The van der Waals surface area contributed by atoms with E-state index in [1.54, 1.807) is 23.0 Å². The van der Waals surface area contributed by atoms with Gasteiger partial charge in [0.2, 0.25) is 10.0 Å². The van der Waals surface area contributed by atoms with Crippen LogP contribution in [0.4, 0.5) is 0 Å². The number of hydrogen-bond acceptors (Lipinski definition) is 5. The maximum Gasteiger partial charge on any atom is 0.286 e. The lowest BCUT2D eigenvalue weighted by Gasteiger charge is -2.21. The van der Waals surface area contributed by atoms with Crippen LogP contribution in [0.2, 0.25) is 0 Å². The molecule has 0 spiro atoms. The monoisotopic (exact) mass is 338 g/mol. The molecule has 0 aromatic carbocycles. The fraction of sp³-hybridized carbons (Fsp3) is 0.429. The van der Waals surface area contributed by atoms with Crippen LogP contribution in [-0.2, 0) is 23.1 Å². The minimum atomic E-state index is -3.32. The summed E-state index contributed by atoms with van der Waals surface area (Å²) in [6.45, 7) is 1.51. The van der Waals surface area contributed by atoms with Crippen molar-refractivity contribution in [3.63, 3.8) is 0 Å². The molecule has 0 fully saturated rings. The number of nitrogens with zero attached hydrogens (tertiary/aromatic N) is 3. The number of nitrogens with one attached hydrogen (secondary N) is 1. The summed E-state index contributed by atoms with van der Waals surface area (Å²) in [6.07, 6.45) is 4.28. The Bertz CT molecular complexity index is 782. The minimum Gasteiger partial charge on any atom is -0.459 e. The second kappa shape index (κ2) is 6.17. The van der Waals surface area contributed by atoms with Crippen molar-refractivity contribution in [2.45, 2.75) is 13.1 Å². The van der Waals surface area contributed by atoms with E-state index in [1.165, 1.54) is 16.8 Å². The molecule has 8 nitrogen and oxygen atoms in total. The molecule has 1 atom stereocenters. The second-order valence-corrected chi connectivity index (χ2v) is 7.60. The molecule has 3 rings (SSSR count). The molecule has 23 heavy (non-hydrogen) atoms. The molecule has 1 N–H and O–H groups in total. The van der Waals surface area contributed by atoms with Crippen molar-refractivity contribution >= 4 is 15.9 Å². The summed E-state index contributed by atoms with van der Waals surface area (Å²) in [4.78, 5) is 11.9. The van der Waals surface area contributed by atoms with Gasteiger partial charge in [-0.05, 0) is 18.2 Å². The molecular weight excluding hydrogens is 320 g/mol. The van der Waals surface area contributed by atoms with Crippen molar-refractivity contribution in [3.8, 4) is 0 Å². The lowest BCUT2D eigenvalue weighted by molar-refractivity contribution is 0.0916. The molecule has 2 aromatic heterocycles. The Labute approximate surface area is 134 Å². The van der Waals surface area contributed by atoms with Crippen molar-refractivity contribution in [1.82, 2.24) is 19.4 Å². The molecule has 1 amide bonds. The van der Waals surface area contributed by atoms with Crippen LogP contribution >= 0.6 is 0 Å². The standard InChI is InChI=1S/C14H18N4O4S/c1-23(20,21)17-8-11(9-18-12(10-17)4-5-16-18)7-15-14(19)13-3-2-6-22-13/h2-6,11H,7-10H2,1H3,(H,15,19). The Hall–Kier alpha value is -2.13. The SMILES string of the molecule is CS(=O)(=O)N1Cc2ccnn2CC(CNC(=O)c2ccco2)C1. The molecule has 0 saturated carbocycles. The average molecular weight is 338 g/mol. The third-order valence-corrected chi connectivity index (χ3v) is 5.02. The van der Waals surface area contributed by atoms with Gasteiger partial charge in [-0.15, -0.1) is 0 Å². The maximum absolute atomic E-state index is 11.9. The van der Waals surface area contributed by atoms with Gasteiger partial charge in [-0.3, -0.25) is 9.48 Å². The number of carbonyl (C=O) groups excluding carboxylic acids is 1. The summed E-state index contributed by atoms with van der Waals surface area (Å²) in [5.74, 6) is -0.158. The van der Waals surface area contributed by atoms with Crippen molar-refractivity contribution < 1.29 is 17.6 Å². The quantitative estimate of drug-likeness (QED) is 0.864. The van der Waals surface area contributed by atoms with E-state index >= 15 is 0 Å². The Morgan fingerprint density at radius 2 is 2.26 bits per heavy atom. The van der Waals surface area contributed by atoms with E-state index in [-0.39, 0.29) is 17.6 Å².